The van der Waals surface area contributed by atoms with Crippen LogP contribution in [0.1, 0.15) is 39.0 Å². The molecule has 4 nitrogen and oxygen atoms in total. The van der Waals surface area contributed by atoms with Crippen molar-refractivity contribution < 1.29 is 8.91 Å². The highest BCUT2D eigenvalue weighted by molar-refractivity contribution is 5.53. The standard InChI is InChI=1S/C15H20FN3O/c1-15(2,3)8-11(9-17)14-18-13(19-20-14)10-5-4-6-12(16)7-10/h4-7,11H,8-9,17H2,1-3H3. The Morgan fingerprint density at radius 3 is 2.70 bits per heavy atom. The van der Waals surface area contributed by atoms with Crippen molar-refractivity contribution in [2.75, 3.05) is 6.54 Å². The predicted molar refractivity (Wildman–Crippen MR) is 75.6 cm³/mol. The summed E-state index contributed by atoms with van der Waals surface area (Å²) in [4.78, 5) is 4.35. The molecule has 2 aromatic rings. The van der Waals surface area contributed by atoms with Gasteiger partial charge in [0.15, 0.2) is 0 Å². The van der Waals surface area contributed by atoms with Gasteiger partial charge in [0.05, 0.1) is 5.92 Å². The van der Waals surface area contributed by atoms with E-state index >= 15 is 0 Å². The molecule has 0 fully saturated rings. The molecule has 20 heavy (non-hydrogen) atoms. The van der Waals surface area contributed by atoms with Crippen LogP contribution >= 0.6 is 0 Å². The second-order valence-electron chi connectivity index (χ2n) is 6.16. The maximum atomic E-state index is 13.2. The number of rotatable bonds is 4. The minimum absolute atomic E-state index is 0.0183. The third kappa shape index (κ3) is 3.63. The Kier molecular flexibility index (Phi) is 4.18. The highest BCUT2D eigenvalue weighted by atomic mass is 19.1. The van der Waals surface area contributed by atoms with Crippen LogP contribution in [0.25, 0.3) is 11.4 Å². The van der Waals surface area contributed by atoms with E-state index in [0.717, 1.165) is 6.42 Å². The van der Waals surface area contributed by atoms with Crippen molar-refractivity contribution >= 4 is 0 Å². The fourth-order valence-corrected chi connectivity index (χ4v) is 2.16. The number of aromatic nitrogens is 2. The van der Waals surface area contributed by atoms with Gasteiger partial charge in [-0.15, -0.1) is 0 Å². The van der Waals surface area contributed by atoms with Crippen LogP contribution < -0.4 is 5.73 Å². The van der Waals surface area contributed by atoms with Crippen molar-refractivity contribution in [1.82, 2.24) is 10.1 Å². The van der Waals surface area contributed by atoms with Crippen molar-refractivity contribution in [3.8, 4) is 11.4 Å². The van der Waals surface area contributed by atoms with Crippen LogP contribution in [0.3, 0.4) is 0 Å². The lowest BCUT2D eigenvalue weighted by Crippen LogP contribution is -2.19. The van der Waals surface area contributed by atoms with Crippen LogP contribution in [0.15, 0.2) is 28.8 Å². The van der Waals surface area contributed by atoms with E-state index in [1.807, 2.05) is 0 Å². The fourth-order valence-electron chi connectivity index (χ4n) is 2.16. The molecule has 1 unspecified atom stereocenters. The van der Waals surface area contributed by atoms with Crippen molar-refractivity contribution in [1.29, 1.82) is 0 Å². The molecule has 2 rings (SSSR count). The first-order chi connectivity index (χ1) is 9.39. The average molecular weight is 277 g/mol. The zero-order valence-corrected chi connectivity index (χ0v) is 12.1. The largest absolute Gasteiger partial charge is 0.339 e. The third-order valence-corrected chi connectivity index (χ3v) is 3.02. The topological polar surface area (TPSA) is 64.9 Å². The van der Waals surface area contributed by atoms with Crippen LogP contribution in [0, 0.1) is 11.2 Å². The van der Waals surface area contributed by atoms with Crippen molar-refractivity contribution in [2.45, 2.75) is 33.1 Å². The number of hydrogen-bond donors (Lipinski definition) is 1. The van der Waals surface area contributed by atoms with Crippen LogP contribution in [0.5, 0.6) is 0 Å². The molecule has 1 heterocycles. The molecular formula is C15H20FN3O. The van der Waals surface area contributed by atoms with Crippen LogP contribution in [-0.4, -0.2) is 16.7 Å². The zero-order chi connectivity index (χ0) is 14.8. The van der Waals surface area contributed by atoms with E-state index in [4.69, 9.17) is 10.3 Å². The van der Waals surface area contributed by atoms with Gasteiger partial charge in [-0.25, -0.2) is 4.39 Å². The molecule has 0 radical (unpaired) electrons. The van der Waals surface area contributed by atoms with E-state index in [1.54, 1.807) is 12.1 Å². The molecule has 0 aliphatic rings. The molecule has 0 saturated carbocycles. The van der Waals surface area contributed by atoms with Crippen molar-refractivity contribution in [2.24, 2.45) is 11.1 Å². The second-order valence-corrected chi connectivity index (χ2v) is 6.16. The molecule has 0 spiro atoms. The summed E-state index contributed by atoms with van der Waals surface area (Å²) in [5, 5.41) is 3.92. The normalized spacial score (nSPS) is 13.4. The smallest absolute Gasteiger partial charge is 0.231 e. The molecule has 0 aliphatic heterocycles. The molecule has 1 atom stereocenters. The monoisotopic (exact) mass is 277 g/mol. The van der Waals surface area contributed by atoms with E-state index in [0.29, 0.717) is 23.8 Å². The van der Waals surface area contributed by atoms with Gasteiger partial charge < -0.3 is 10.3 Å². The Bertz CT molecular complexity index is 574. The second kappa shape index (κ2) is 5.71. The quantitative estimate of drug-likeness (QED) is 0.930. The van der Waals surface area contributed by atoms with Gasteiger partial charge in [0, 0.05) is 12.1 Å². The van der Waals surface area contributed by atoms with Gasteiger partial charge in [0.2, 0.25) is 11.7 Å². The first kappa shape index (κ1) is 14.7. The van der Waals surface area contributed by atoms with Crippen LogP contribution in [0.2, 0.25) is 0 Å². The Balaban J connectivity index is 2.23. The molecule has 108 valence electrons. The Hall–Kier alpha value is -1.75. The van der Waals surface area contributed by atoms with E-state index in [1.165, 1.54) is 12.1 Å². The van der Waals surface area contributed by atoms with E-state index in [9.17, 15) is 4.39 Å². The van der Waals surface area contributed by atoms with Crippen LogP contribution in [0.4, 0.5) is 4.39 Å². The Morgan fingerprint density at radius 2 is 2.10 bits per heavy atom. The third-order valence-electron chi connectivity index (χ3n) is 3.02. The minimum atomic E-state index is -0.320. The summed E-state index contributed by atoms with van der Waals surface area (Å²) < 4.78 is 18.5. The number of halogens is 1. The molecule has 0 amide bonds. The summed E-state index contributed by atoms with van der Waals surface area (Å²) in [6.07, 6.45) is 0.855. The Labute approximate surface area is 118 Å². The molecule has 0 bridgehead atoms. The predicted octanol–water partition coefficient (Wildman–Crippen LogP) is 3.35. The summed E-state index contributed by atoms with van der Waals surface area (Å²) in [5.74, 6) is 0.609. The van der Waals surface area contributed by atoms with E-state index < -0.39 is 0 Å². The number of benzene rings is 1. The van der Waals surface area contributed by atoms with Gasteiger partial charge in [-0.05, 0) is 24.0 Å². The van der Waals surface area contributed by atoms with Gasteiger partial charge in [-0.2, -0.15) is 4.98 Å². The van der Waals surface area contributed by atoms with Crippen LogP contribution in [-0.2, 0) is 0 Å². The molecule has 1 aromatic carbocycles. The first-order valence-electron chi connectivity index (χ1n) is 6.68. The first-order valence-corrected chi connectivity index (χ1v) is 6.68. The average Bonchev–Trinajstić information content (AvgIpc) is 2.84. The van der Waals surface area contributed by atoms with E-state index in [2.05, 4.69) is 30.9 Å². The Morgan fingerprint density at radius 1 is 1.35 bits per heavy atom. The zero-order valence-electron chi connectivity index (χ0n) is 12.1. The lowest BCUT2D eigenvalue weighted by atomic mass is 9.84. The van der Waals surface area contributed by atoms with Gasteiger partial charge in [0.1, 0.15) is 5.82 Å². The fraction of sp³-hybridized carbons (Fsp3) is 0.467. The SMILES string of the molecule is CC(C)(C)CC(CN)c1nc(-c2cccc(F)c2)no1. The van der Waals surface area contributed by atoms with Crippen molar-refractivity contribution in [3.63, 3.8) is 0 Å². The highest BCUT2D eigenvalue weighted by Crippen LogP contribution is 2.30. The molecule has 5 heteroatoms. The van der Waals surface area contributed by atoms with Gasteiger partial charge in [-0.1, -0.05) is 38.1 Å². The highest BCUT2D eigenvalue weighted by Gasteiger charge is 2.24. The van der Waals surface area contributed by atoms with Gasteiger partial charge in [-0.3, -0.25) is 0 Å². The minimum Gasteiger partial charge on any atom is -0.339 e. The summed E-state index contributed by atoms with van der Waals surface area (Å²) in [5.41, 5.74) is 6.52. The summed E-state index contributed by atoms with van der Waals surface area (Å²) >= 11 is 0. The number of nitrogens with zero attached hydrogens (tertiary/aromatic N) is 2. The molecule has 0 aliphatic carbocycles. The molecular weight excluding hydrogens is 257 g/mol. The number of nitrogens with two attached hydrogens (primary N) is 1. The summed E-state index contributed by atoms with van der Waals surface area (Å²) in [6, 6.07) is 6.14. The maximum Gasteiger partial charge on any atom is 0.231 e. The van der Waals surface area contributed by atoms with Crippen molar-refractivity contribution in [3.05, 3.63) is 36.0 Å². The van der Waals surface area contributed by atoms with Gasteiger partial charge in [0.25, 0.3) is 0 Å². The molecule has 1 aromatic heterocycles. The molecule has 2 N–H and O–H groups in total. The summed E-state index contributed by atoms with van der Waals surface area (Å²) in [7, 11) is 0. The maximum absolute atomic E-state index is 13.2. The molecule has 0 saturated heterocycles. The summed E-state index contributed by atoms with van der Waals surface area (Å²) in [6.45, 7) is 6.86. The van der Waals surface area contributed by atoms with E-state index in [-0.39, 0.29) is 17.2 Å². The lowest BCUT2D eigenvalue weighted by molar-refractivity contribution is 0.287. The van der Waals surface area contributed by atoms with Gasteiger partial charge >= 0.3 is 0 Å². The number of hydrogen-bond acceptors (Lipinski definition) is 4. The lowest BCUT2D eigenvalue weighted by Gasteiger charge is -2.22.